The number of esters is 1. The molecule has 0 aliphatic heterocycles. The van der Waals surface area contributed by atoms with Crippen LogP contribution in [0, 0.1) is 12.8 Å². The first-order chi connectivity index (χ1) is 14.4. The molecule has 0 aliphatic carbocycles. The maximum atomic E-state index is 12.5. The minimum Gasteiger partial charge on any atom is -0.490 e. The number of nitrogens with zero attached hydrogens (tertiary/aromatic N) is 2. The van der Waals surface area contributed by atoms with Crippen molar-refractivity contribution in [2.24, 2.45) is 5.92 Å². The van der Waals surface area contributed by atoms with Gasteiger partial charge in [-0.15, -0.1) is 11.3 Å². The lowest BCUT2D eigenvalue weighted by Gasteiger charge is -2.13. The van der Waals surface area contributed by atoms with E-state index in [-0.39, 0.29) is 11.9 Å². The molecule has 0 saturated carbocycles. The number of benzene rings is 1. The number of carbonyl (C=O) groups excluding carboxylic acids is 1. The number of hydrogen-bond acceptors (Lipinski definition) is 8. The summed E-state index contributed by atoms with van der Waals surface area (Å²) in [6.07, 6.45) is 1.49. The number of carbonyl (C=O) groups is 1. The van der Waals surface area contributed by atoms with E-state index in [1.807, 2.05) is 52.8 Å². The fourth-order valence-electron chi connectivity index (χ4n) is 2.93. The van der Waals surface area contributed by atoms with Crippen molar-refractivity contribution in [3.05, 3.63) is 35.0 Å². The van der Waals surface area contributed by atoms with E-state index >= 15 is 0 Å². The Morgan fingerprint density at radius 1 is 1.13 bits per heavy atom. The highest BCUT2D eigenvalue weighted by molar-refractivity contribution is 7.20. The van der Waals surface area contributed by atoms with Crippen molar-refractivity contribution in [3.63, 3.8) is 0 Å². The van der Waals surface area contributed by atoms with Crippen molar-refractivity contribution in [3.8, 4) is 11.5 Å². The molecule has 0 spiro atoms. The van der Waals surface area contributed by atoms with E-state index in [1.165, 1.54) is 17.7 Å². The van der Waals surface area contributed by atoms with Crippen molar-refractivity contribution in [1.29, 1.82) is 0 Å². The molecule has 7 nitrogen and oxygen atoms in total. The third kappa shape index (κ3) is 4.81. The largest absolute Gasteiger partial charge is 0.490 e. The third-order valence-electron chi connectivity index (χ3n) is 4.27. The lowest BCUT2D eigenvalue weighted by atomic mass is 10.2. The number of fused-ring (bicyclic) bond motifs is 1. The molecule has 2 heterocycles. The summed E-state index contributed by atoms with van der Waals surface area (Å²) in [5, 5.41) is 4.14. The highest BCUT2D eigenvalue weighted by Gasteiger charge is 2.21. The molecule has 0 aliphatic rings. The van der Waals surface area contributed by atoms with Crippen LogP contribution >= 0.6 is 11.3 Å². The SMILES string of the molecule is CCOc1ccc(Nc2ncnc3sc(C(=O)OCC(C)C)c(C)c23)cc1OCC. The molecule has 0 fully saturated rings. The summed E-state index contributed by atoms with van der Waals surface area (Å²) in [6, 6.07) is 5.65. The number of thiophene rings is 1. The molecular weight excluding hydrogens is 402 g/mol. The van der Waals surface area contributed by atoms with Gasteiger partial charge in [-0.05, 0) is 44.4 Å². The molecule has 8 heteroatoms. The first kappa shape index (κ1) is 21.8. The topological polar surface area (TPSA) is 82.6 Å². The Kier molecular flexibility index (Phi) is 7.10. The Labute approximate surface area is 180 Å². The van der Waals surface area contributed by atoms with Crippen LogP contribution in [0.2, 0.25) is 0 Å². The summed E-state index contributed by atoms with van der Waals surface area (Å²) < 4.78 is 16.7. The normalized spacial score (nSPS) is 11.0. The molecule has 1 aromatic carbocycles. The van der Waals surface area contributed by atoms with Crippen LogP contribution in [0.25, 0.3) is 10.2 Å². The molecule has 0 atom stereocenters. The van der Waals surface area contributed by atoms with Gasteiger partial charge in [0.2, 0.25) is 0 Å². The van der Waals surface area contributed by atoms with Gasteiger partial charge in [-0.1, -0.05) is 13.8 Å². The van der Waals surface area contributed by atoms with Crippen molar-refractivity contribution < 1.29 is 19.0 Å². The van der Waals surface area contributed by atoms with Crippen molar-refractivity contribution >= 4 is 39.0 Å². The van der Waals surface area contributed by atoms with Crippen LogP contribution in [0.1, 0.15) is 42.9 Å². The van der Waals surface area contributed by atoms with Gasteiger partial charge in [0.15, 0.2) is 11.5 Å². The summed E-state index contributed by atoms with van der Waals surface area (Å²) in [4.78, 5) is 22.5. The van der Waals surface area contributed by atoms with E-state index in [4.69, 9.17) is 14.2 Å². The summed E-state index contributed by atoms with van der Waals surface area (Å²) in [5.41, 5.74) is 1.61. The number of anilines is 2. The molecule has 3 aromatic rings. The quantitative estimate of drug-likeness (QED) is 0.459. The zero-order valence-electron chi connectivity index (χ0n) is 17.9. The second-order valence-corrected chi connectivity index (χ2v) is 8.10. The maximum absolute atomic E-state index is 12.5. The molecule has 0 bridgehead atoms. The standard InChI is InChI=1S/C22H27N3O4S/c1-6-27-16-9-8-15(10-17(16)28-7-2)25-20-18-14(5)19(22(26)29-11-13(3)4)30-21(18)24-12-23-20/h8-10,12-13H,6-7,11H2,1-5H3,(H,23,24,25). The minimum absolute atomic E-state index is 0.278. The first-order valence-corrected chi connectivity index (χ1v) is 10.8. The smallest absolute Gasteiger partial charge is 0.348 e. The monoisotopic (exact) mass is 429 g/mol. The highest BCUT2D eigenvalue weighted by atomic mass is 32.1. The van der Waals surface area contributed by atoms with Crippen LogP contribution in [0.5, 0.6) is 11.5 Å². The van der Waals surface area contributed by atoms with E-state index < -0.39 is 0 Å². The zero-order chi connectivity index (χ0) is 21.7. The van der Waals surface area contributed by atoms with Crippen LogP contribution in [-0.2, 0) is 4.74 Å². The predicted octanol–water partition coefficient (Wildman–Crippen LogP) is 5.35. The minimum atomic E-state index is -0.324. The Hall–Kier alpha value is -2.87. The lowest BCUT2D eigenvalue weighted by molar-refractivity contribution is 0.0464. The van der Waals surface area contributed by atoms with Crippen LogP contribution < -0.4 is 14.8 Å². The molecule has 3 rings (SSSR count). The van der Waals surface area contributed by atoms with Gasteiger partial charge in [0.05, 0.1) is 25.2 Å². The Morgan fingerprint density at radius 3 is 2.57 bits per heavy atom. The van der Waals surface area contributed by atoms with Crippen LogP contribution in [0.3, 0.4) is 0 Å². The van der Waals surface area contributed by atoms with Crippen molar-refractivity contribution in [2.45, 2.75) is 34.6 Å². The maximum Gasteiger partial charge on any atom is 0.348 e. The number of nitrogens with one attached hydrogen (secondary N) is 1. The molecule has 1 N–H and O–H groups in total. The van der Waals surface area contributed by atoms with Gasteiger partial charge in [-0.25, -0.2) is 14.8 Å². The van der Waals surface area contributed by atoms with Crippen molar-refractivity contribution in [2.75, 3.05) is 25.1 Å². The summed E-state index contributed by atoms with van der Waals surface area (Å²) >= 11 is 1.32. The average Bonchev–Trinajstić information content (AvgIpc) is 3.06. The number of hydrogen-bond donors (Lipinski definition) is 1. The molecule has 30 heavy (non-hydrogen) atoms. The molecule has 0 saturated heterocycles. The Balaban J connectivity index is 1.93. The van der Waals surface area contributed by atoms with E-state index in [1.54, 1.807) is 0 Å². The highest BCUT2D eigenvalue weighted by Crippen LogP contribution is 2.36. The fourth-order valence-corrected chi connectivity index (χ4v) is 3.98. The first-order valence-electron chi connectivity index (χ1n) is 10.0. The van der Waals surface area contributed by atoms with Gasteiger partial charge < -0.3 is 19.5 Å². The summed E-state index contributed by atoms with van der Waals surface area (Å²) in [5.74, 6) is 1.94. The molecule has 0 radical (unpaired) electrons. The van der Waals surface area contributed by atoms with Gasteiger partial charge in [-0.3, -0.25) is 0 Å². The van der Waals surface area contributed by atoms with Crippen LogP contribution in [0.4, 0.5) is 11.5 Å². The second-order valence-electron chi connectivity index (χ2n) is 7.10. The molecule has 2 aromatic heterocycles. The van der Waals surface area contributed by atoms with E-state index in [9.17, 15) is 4.79 Å². The number of aromatic nitrogens is 2. The second kappa shape index (κ2) is 9.75. The van der Waals surface area contributed by atoms with E-state index in [0.29, 0.717) is 42.0 Å². The number of ether oxygens (including phenoxy) is 3. The van der Waals surface area contributed by atoms with E-state index in [2.05, 4.69) is 15.3 Å². The van der Waals surface area contributed by atoms with Gasteiger partial charge >= 0.3 is 5.97 Å². The van der Waals surface area contributed by atoms with Crippen LogP contribution in [-0.4, -0.2) is 35.8 Å². The third-order valence-corrected chi connectivity index (χ3v) is 5.45. The van der Waals surface area contributed by atoms with Crippen molar-refractivity contribution in [1.82, 2.24) is 9.97 Å². The molecule has 160 valence electrons. The average molecular weight is 430 g/mol. The summed E-state index contributed by atoms with van der Waals surface area (Å²) in [7, 11) is 0. The summed E-state index contributed by atoms with van der Waals surface area (Å²) in [6.45, 7) is 11.2. The number of aryl methyl sites for hydroxylation is 1. The zero-order valence-corrected chi connectivity index (χ0v) is 18.8. The molecule has 0 unspecified atom stereocenters. The van der Waals surface area contributed by atoms with E-state index in [0.717, 1.165) is 21.5 Å². The van der Waals surface area contributed by atoms with Crippen LogP contribution in [0.15, 0.2) is 24.5 Å². The lowest BCUT2D eigenvalue weighted by Crippen LogP contribution is -2.09. The van der Waals surface area contributed by atoms with Gasteiger partial charge in [-0.2, -0.15) is 0 Å². The fraction of sp³-hybridized carbons (Fsp3) is 0.409. The Morgan fingerprint density at radius 2 is 1.87 bits per heavy atom. The number of rotatable bonds is 9. The Bertz CT molecular complexity index is 1030. The predicted molar refractivity (Wildman–Crippen MR) is 119 cm³/mol. The van der Waals surface area contributed by atoms with Gasteiger partial charge in [0.25, 0.3) is 0 Å². The molecular formula is C22H27N3O4S. The van der Waals surface area contributed by atoms with Gasteiger partial charge in [0.1, 0.15) is 21.9 Å². The van der Waals surface area contributed by atoms with Gasteiger partial charge in [0, 0.05) is 11.8 Å². The molecule has 0 amide bonds.